The Bertz CT molecular complexity index is 389. The molecular weight excluding hydrogens is 328 g/mol. The molecule has 25 heavy (non-hydrogen) atoms. The van der Waals surface area contributed by atoms with Crippen molar-refractivity contribution in [1.29, 1.82) is 0 Å². The summed E-state index contributed by atoms with van der Waals surface area (Å²) in [6, 6.07) is 0. The van der Waals surface area contributed by atoms with Crippen LogP contribution < -0.4 is 0 Å². The SMILES string of the molecule is COC(=O)CC(CC(CC=O)OC1CCCCO1)OC1CCCCO1. The summed E-state index contributed by atoms with van der Waals surface area (Å²) in [6.07, 6.45) is 6.03. The molecule has 0 aromatic carbocycles. The zero-order valence-electron chi connectivity index (χ0n) is 15.0. The van der Waals surface area contributed by atoms with Crippen molar-refractivity contribution >= 4 is 12.3 Å². The van der Waals surface area contributed by atoms with Gasteiger partial charge in [-0.3, -0.25) is 4.79 Å². The van der Waals surface area contributed by atoms with Crippen LogP contribution in [0.3, 0.4) is 0 Å². The van der Waals surface area contributed by atoms with Gasteiger partial charge in [-0.2, -0.15) is 0 Å². The van der Waals surface area contributed by atoms with Crippen molar-refractivity contribution in [3.05, 3.63) is 0 Å². The Balaban J connectivity index is 1.91. The number of methoxy groups -OCH3 is 1. The average Bonchev–Trinajstić information content (AvgIpc) is 2.63. The summed E-state index contributed by atoms with van der Waals surface area (Å²) in [5.74, 6) is -0.348. The minimum absolute atomic E-state index is 0.112. The first-order valence-electron chi connectivity index (χ1n) is 9.26. The van der Waals surface area contributed by atoms with Crippen LogP contribution >= 0.6 is 0 Å². The molecule has 0 aliphatic carbocycles. The molecule has 2 fully saturated rings. The van der Waals surface area contributed by atoms with Gasteiger partial charge >= 0.3 is 5.97 Å². The van der Waals surface area contributed by atoms with Crippen LogP contribution in [0.2, 0.25) is 0 Å². The predicted octanol–water partition coefficient (Wildman–Crippen LogP) is 2.35. The van der Waals surface area contributed by atoms with Gasteiger partial charge in [0.1, 0.15) is 6.29 Å². The first-order chi connectivity index (χ1) is 12.2. The van der Waals surface area contributed by atoms with E-state index in [4.69, 9.17) is 23.7 Å². The molecule has 7 heteroatoms. The number of aldehydes is 1. The highest BCUT2D eigenvalue weighted by Gasteiger charge is 2.28. The van der Waals surface area contributed by atoms with Crippen molar-refractivity contribution < 1.29 is 33.3 Å². The quantitative estimate of drug-likeness (QED) is 0.438. The molecular formula is C18H30O7. The van der Waals surface area contributed by atoms with Crippen molar-refractivity contribution in [3.8, 4) is 0 Å². The van der Waals surface area contributed by atoms with E-state index < -0.39 is 6.10 Å². The molecule has 0 spiro atoms. The molecule has 4 unspecified atom stereocenters. The van der Waals surface area contributed by atoms with Crippen LogP contribution in [0.4, 0.5) is 0 Å². The van der Waals surface area contributed by atoms with Crippen LogP contribution in [0.5, 0.6) is 0 Å². The van der Waals surface area contributed by atoms with Gasteiger partial charge in [-0.15, -0.1) is 0 Å². The molecule has 2 rings (SSSR count). The molecule has 0 saturated carbocycles. The van der Waals surface area contributed by atoms with Crippen LogP contribution in [0.25, 0.3) is 0 Å². The van der Waals surface area contributed by atoms with Gasteiger partial charge in [0.05, 0.1) is 25.7 Å². The van der Waals surface area contributed by atoms with E-state index in [1.54, 1.807) is 0 Å². The van der Waals surface area contributed by atoms with Crippen LogP contribution in [0.15, 0.2) is 0 Å². The van der Waals surface area contributed by atoms with Crippen LogP contribution in [0.1, 0.15) is 57.8 Å². The number of ether oxygens (including phenoxy) is 5. The topological polar surface area (TPSA) is 80.3 Å². The first kappa shape index (κ1) is 20.3. The van der Waals surface area contributed by atoms with Crippen molar-refractivity contribution in [2.45, 2.75) is 82.6 Å². The molecule has 4 atom stereocenters. The maximum atomic E-state index is 11.7. The van der Waals surface area contributed by atoms with Crippen LogP contribution in [-0.2, 0) is 33.3 Å². The van der Waals surface area contributed by atoms with Gasteiger partial charge in [0.15, 0.2) is 12.6 Å². The number of carbonyl (C=O) groups is 2. The van der Waals surface area contributed by atoms with E-state index in [0.717, 1.165) is 44.8 Å². The summed E-state index contributed by atoms with van der Waals surface area (Å²) in [7, 11) is 1.35. The molecule has 2 aliphatic heterocycles. The fraction of sp³-hybridized carbons (Fsp3) is 0.889. The molecule has 7 nitrogen and oxygen atoms in total. The molecule has 2 heterocycles. The highest BCUT2D eigenvalue weighted by molar-refractivity contribution is 5.69. The maximum absolute atomic E-state index is 11.7. The summed E-state index contributed by atoms with van der Waals surface area (Å²) in [6.45, 7) is 1.34. The molecule has 0 N–H and O–H groups in total. The molecule has 0 aromatic heterocycles. The zero-order valence-corrected chi connectivity index (χ0v) is 15.0. The second kappa shape index (κ2) is 11.6. The van der Waals surface area contributed by atoms with Crippen molar-refractivity contribution in [2.24, 2.45) is 0 Å². The second-order valence-electron chi connectivity index (χ2n) is 6.53. The van der Waals surface area contributed by atoms with Crippen molar-refractivity contribution in [2.75, 3.05) is 20.3 Å². The smallest absolute Gasteiger partial charge is 0.308 e. The standard InChI is InChI=1S/C18H30O7/c1-21-16(20)13-15(25-18-7-3-5-11-23-18)12-14(8-9-19)24-17-6-2-4-10-22-17/h9,14-15,17-18H,2-8,10-13H2,1H3. The van der Waals surface area contributed by atoms with Gasteiger partial charge in [0.2, 0.25) is 0 Å². The van der Waals surface area contributed by atoms with E-state index in [2.05, 4.69) is 0 Å². The monoisotopic (exact) mass is 358 g/mol. The van der Waals surface area contributed by atoms with E-state index in [1.807, 2.05) is 0 Å². The molecule has 0 aromatic rings. The highest BCUT2D eigenvalue weighted by atomic mass is 16.7. The first-order valence-corrected chi connectivity index (χ1v) is 9.26. The summed E-state index contributed by atoms with van der Waals surface area (Å²) in [4.78, 5) is 22.7. The van der Waals surface area contributed by atoms with E-state index in [-0.39, 0.29) is 37.5 Å². The van der Waals surface area contributed by atoms with E-state index in [0.29, 0.717) is 19.6 Å². The Morgan fingerprint density at radius 1 is 1.04 bits per heavy atom. The zero-order chi connectivity index (χ0) is 17.9. The lowest BCUT2D eigenvalue weighted by molar-refractivity contribution is -0.216. The minimum Gasteiger partial charge on any atom is -0.469 e. The third-order valence-electron chi connectivity index (χ3n) is 4.47. The lowest BCUT2D eigenvalue weighted by atomic mass is 10.1. The predicted molar refractivity (Wildman–Crippen MR) is 88.9 cm³/mol. The fourth-order valence-electron chi connectivity index (χ4n) is 3.13. The maximum Gasteiger partial charge on any atom is 0.308 e. The average molecular weight is 358 g/mol. The fourth-order valence-corrected chi connectivity index (χ4v) is 3.13. The normalized spacial score (nSPS) is 26.6. The van der Waals surface area contributed by atoms with Gasteiger partial charge in [-0.05, 0) is 38.5 Å². The van der Waals surface area contributed by atoms with Gasteiger partial charge < -0.3 is 28.5 Å². The molecule has 2 saturated heterocycles. The van der Waals surface area contributed by atoms with E-state index >= 15 is 0 Å². The van der Waals surface area contributed by atoms with Crippen LogP contribution in [-0.4, -0.2) is 57.4 Å². The third kappa shape index (κ3) is 7.81. The summed E-state index contributed by atoms with van der Waals surface area (Å²) in [5.41, 5.74) is 0. The largest absolute Gasteiger partial charge is 0.469 e. The Kier molecular flexibility index (Phi) is 9.39. The highest BCUT2D eigenvalue weighted by Crippen LogP contribution is 2.23. The number of rotatable bonds is 10. The minimum atomic E-state index is -0.413. The molecule has 2 aliphatic rings. The molecule has 0 amide bonds. The van der Waals surface area contributed by atoms with E-state index in [9.17, 15) is 9.59 Å². The van der Waals surface area contributed by atoms with Gasteiger partial charge in [-0.1, -0.05) is 0 Å². The van der Waals surface area contributed by atoms with E-state index in [1.165, 1.54) is 7.11 Å². The third-order valence-corrected chi connectivity index (χ3v) is 4.47. The lowest BCUT2D eigenvalue weighted by Crippen LogP contribution is -2.35. The molecule has 144 valence electrons. The summed E-state index contributed by atoms with van der Waals surface area (Å²) < 4.78 is 27.9. The Labute approximate surface area is 149 Å². The molecule has 0 radical (unpaired) electrons. The number of carbonyl (C=O) groups excluding carboxylic acids is 2. The van der Waals surface area contributed by atoms with Gasteiger partial charge in [0.25, 0.3) is 0 Å². The van der Waals surface area contributed by atoms with Crippen LogP contribution in [0, 0.1) is 0 Å². The van der Waals surface area contributed by atoms with Gasteiger partial charge in [0, 0.05) is 26.1 Å². The number of esters is 1. The number of hydrogen-bond acceptors (Lipinski definition) is 7. The van der Waals surface area contributed by atoms with Gasteiger partial charge in [-0.25, -0.2) is 0 Å². The summed E-state index contributed by atoms with van der Waals surface area (Å²) >= 11 is 0. The Morgan fingerprint density at radius 2 is 1.64 bits per heavy atom. The Morgan fingerprint density at radius 3 is 2.12 bits per heavy atom. The summed E-state index contributed by atoms with van der Waals surface area (Å²) in [5, 5.41) is 0. The lowest BCUT2D eigenvalue weighted by Gasteiger charge is -2.31. The van der Waals surface area contributed by atoms with Crippen molar-refractivity contribution in [3.63, 3.8) is 0 Å². The van der Waals surface area contributed by atoms with Crippen molar-refractivity contribution in [1.82, 2.24) is 0 Å². The molecule has 0 bridgehead atoms. The number of hydrogen-bond donors (Lipinski definition) is 0. The second-order valence-corrected chi connectivity index (χ2v) is 6.53. The Hall–Kier alpha value is -1.02.